The summed E-state index contributed by atoms with van der Waals surface area (Å²) in [4.78, 5) is 27.7. The lowest BCUT2D eigenvalue weighted by molar-refractivity contribution is -0.143. The lowest BCUT2D eigenvalue weighted by atomic mass is 10.1. The van der Waals surface area contributed by atoms with E-state index in [9.17, 15) is 14.0 Å². The number of hydrogen-bond donors (Lipinski definition) is 1. The minimum absolute atomic E-state index is 0.178. The normalized spacial score (nSPS) is 12.2. The zero-order valence-corrected chi connectivity index (χ0v) is 21.2. The lowest BCUT2D eigenvalue weighted by Gasteiger charge is -2.33. The number of halogens is 2. The first-order valence-electron chi connectivity index (χ1n) is 10.7. The van der Waals surface area contributed by atoms with Gasteiger partial charge in [0.25, 0.3) is 5.91 Å². The van der Waals surface area contributed by atoms with Crippen LogP contribution in [0.1, 0.15) is 50.8 Å². The van der Waals surface area contributed by atoms with Crippen LogP contribution in [0.15, 0.2) is 40.9 Å². The molecule has 2 amide bonds. The summed E-state index contributed by atoms with van der Waals surface area (Å²) in [5, 5.41) is 2.96. The van der Waals surface area contributed by atoms with Crippen LogP contribution in [0.4, 0.5) is 4.39 Å². The van der Waals surface area contributed by atoms with Crippen molar-refractivity contribution in [2.75, 3.05) is 6.61 Å². The van der Waals surface area contributed by atoms with Crippen molar-refractivity contribution >= 4 is 27.7 Å². The van der Waals surface area contributed by atoms with E-state index in [0.29, 0.717) is 12.2 Å². The minimum atomic E-state index is -0.677. The summed E-state index contributed by atoms with van der Waals surface area (Å²) >= 11 is 3.52. The predicted octanol–water partition coefficient (Wildman–Crippen LogP) is 5.31. The van der Waals surface area contributed by atoms with Crippen molar-refractivity contribution in [1.29, 1.82) is 0 Å². The molecule has 0 aliphatic rings. The van der Waals surface area contributed by atoms with E-state index in [-0.39, 0.29) is 30.8 Å². The number of aryl methyl sites for hydroxylation is 2. The second kappa shape index (κ2) is 10.9. The Morgan fingerprint density at radius 3 is 2.19 bits per heavy atom. The molecule has 0 spiro atoms. The molecule has 0 unspecified atom stereocenters. The van der Waals surface area contributed by atoms with Crippen molar-refractivity contribution in [3.63, 3.8) is 0 Å². The molecule has 1 atom stereocenters. The topological polar surface area (TPSA) is 58.6 Å². The molecule has 0 aliphatic carbocycles. The van der Waals surface area contributed by atoms with Gasteiger partial charge in [0.1, 0.15) is 17.6 Å². The van der Waals surface area contributed by atoms with Gasteiger partial charge < -0.3 is 15.0 Å². The zero-order valence-electron chi connectivity index (χ0n) is 19.6. The Kier molecular flexibility index (Phi) is 8.84. The highest BCUT2D eigenvalue weighted by Crippen LogP contribution is 2.26. The molecule has 7 heteroatoms. The molecule has 2 aromatic rings. The molecule has 0 aliphatic heterocycles. The molecule has 0 saturated carbocycles. The fraction of sp³-hybridized carbons (Fsp3) is 0.440. The van der Waals surface area contributed by atoms with E-state index < -0.39 is 11.6 Å². The highest BCUT2D eigenvalue weighted by Gasteiger charge is 2.31. The van der Waals surface area contributed by atoms with Gasteiger partial charge in [-0.05, 0) is 82.0 Å². The summed E-state index contributed by atoms with van der Waals surface area (Å²) in [6.07, 6.45) is 0.436. The van der Waals surface area contributed by atoms with Gasteiger partial charge in [-0.2, -0.15) is 0 Å². The molecular weight excluding hydrogens is 475 g/mol. The number of rotatable bonds is 8. The molecule has 0 radical (unpaired) electrons. The monoisotopic (exact) mass is 506 g/mol. The zero-order chi connectivity index (χ0) is 24.1. The van der Waals surface area contributed by atoms with Crippen molar-refractivity contribution in [2.45, 2.75) is 66.1 Å². The number of carbonyl (C=O) groups excluding carboxylic acids is 2. The molecule has 5 nitrogen and oxygen atoms in total. The maximum atomic E-state index is 13.4. The number of nitrogens with one attached hydrogen (secondary N) is 1. The molecule has 0 bridgehead atoms. The van der Waals surface area contributed by atoms with E-state index in [1.165, 1.54) is 17.0 Å². The van der Waals surface area contributed by atoms with Crippen LogP contribution < -0.4 is 10.1 Å². The Balaban J connectivity index is 2.26. The van der Waals surface area contributed by atoms with E-state index in [4.69, 9.17) is 4.74 Å². The average Bonchev–Trinajstić information content (AvgIpc) is 2.70. The third kappa shape index (κ3) is 7.33. The molecule has 2 rings (SSSR count). The van der Waals surface area contributed by atoms with E-state index in [1.807, 2.05) is 53.7 Å². The summed E-state index contributed by atoms with van der Waals surface area (Å²) in [6, 6.07) is 8.97. The van der Waals surface area contributed by atoms with E-state index in [2.05, 4.69) is 21.2 Å². The van der Waals surface area contributed by atoms with Crippen LogP contribution in [-0.4, -0.2) is 34.9 Å². The Labute approximate surface area is 198 Å². The Hall–Kier alpha value is -2.41. The first-order valence-corrected chi connectivity index (χ1v) is 11.5. The van der Waals surface area contributed by atoms with Crippen LogP contribution in [0.25, 0.3) is 0 Å². The van der Waals surface area contributed by atoms with Gasteiger partial charge in [-0.15, -0.1) is 0 Å². The van der Waals surface area contributed by atoms with Gasteiger partial charge >= 0.3 is 0 Å². The van der Waals surface area contributed by atoms with Gasteiger partial charge in [-0.25, -0.2) is 4.39 Å². The first kappa shape index (κ1) is 25.8. The van der Waals surface area contributed by atoms with Gasteiger partial charge in [0.05, 0.1) is 0 Å². The Morgan fingerprint density at radius 2 is 1.69 bits per heavy atom. The predicted molar refractivity (Wildman–Crippen MR) is 128 cm³/mol. The number of nitrogens with zero attached hydrogens (tertiary/aromatic N) is 1. The lowest BCUT2D eigenvalue weighted by Crippen LogP contribution is -2.54. The number of benzene rings is 2. The fourth-order valence-electron chi connectivity index (χ4n) is 3.38. The summed E-state index contributed by atoms with van der Waals surface area (Å²) in [5.74, 6) is -0.312. The number of carbonyl (C=O) groups is 2. The maximum Gasteiger partial charge on any atom is 0.261 e. The number of ether oxygens (including phenoxy) is 1. The van der Waals surface area contributed by atoms with Gasteiger partial charge in [0.2, 0.25) is 5.91 Å². The van der Waals surface area contributed by atoms with Crippen LogP contribution in [-0.2, 0) is 16.1 Å². The molecule has 174 valence electrons. The molecule has 0 fully saturated rings. The molecule has 0 saturated heterocycles. The summed E-state index contributed by atoms with van der Waals surface area (Å²) < 4.78 is 20.1. The van der Waals surface area contributed by atoms with E-state index in [0.717, 1.165) is 21.2 Å². The van der Waals surface area contributed by atoms with Gasteiger partial charge in [0.15, 0.2) is 6.61 Å². The minimum Gasteiger partial charge on any atom is -0.484 e. The molecule has 2 aromatic carbocycles. The highest BCUT2D eigenvalue weighted by molar-refractivity contribution is 9.10. The van der Waals surface area contributed by atoms with Crippen molar-refractivity contribution in [3.8, 4) is 5.75 Å². The number of hydrogen-bond acceptors (Lipinski definition) is 3. The van der Waals surface area contributed by atoms with Crippen LogP contribution in [0.5, 0.6) is 5.75 Å². The summed E-state index contributed by atoms with van der Waals surface area (Å²) in [5.41, 5.74) is 2.31. The third-order valence-corrected chi connectivity index (χ3v) is 6.17. The van der Waals surface area contributed by atoms with Crippen molar-refractivity contribution in [1.82, 2.24) is 10.2 Å². The quantitative estimate of drug-likeness (QED) is 0.527. The first-order chi connectivity index (χ1) is 14.9. The fourth-order valence-corrected chi connectivity index (χ4v) is 3.61. The van der Waals surface area contributed by atoms with E-state index in [1.54, 1.807) is 12.1 Å². The number of amides is 2. The van der Waals surface area contributed by atoms with Gasteiger partial charge in [-0.1, -0.05) is 35.0 Å². The molecule has 1 N–H and O–H groups in total. The van der Waals surface area contributed by atoms with Gasteiger partial charge in [0, 0.05) is 16.6 Å². The summed E-state index contributed by atoms with van der Waals surface area (Å²) in [6.45, 7) is 11.4. The maximum absolute atomic E-state index is 13.4. The van der Waals surface area contributed by atoms with Crippen LogP contribution >= 0.6 is 15.9 Å². The molecule has 0 aromatic heterocycles. The Bertz CT molecular complexity index is 932. The van der Waals surface area contributed by atoms with Crippen LogP contribution in [0, 0.1) is 19.7 Å². The molecular formula is C25H32BrFN2O3. The Morgan fingerprint density at radius 1 is 1.12 bits per heavy atom. The van der Waals surface area contributed by atoms with Crippen molar-refractivity contribution < 1.29 is 18.7 Å². The molecule has 0 heterocycles. The van der Waals surface area contributed by atoms with Crippen LogP contribution in [0.2, 0.25) is 0 Å². The van der Waals surface area contributed by atoms with Crippen LogP contribution in [0.3, 0.4) is 0 Å². The van der Waals surface area contributed by atoms with Crippen molar-refractivity contribution in [3.05, 3.63) is 63.4 Å². The second-order valence-electron chi connectivity index (χ2n) is 8.97. The standard InChI is InChI=1S/C25H32BrFN2O3/c1-7-21(24(31)28-25(4,5)6)29(14-18-8-10-19(27)11-9-18)22(30)15-32-20-12-16(2)23(26)17(3)13-20/h8-13,21H,7,14-15H2,1-6H3,(H,28,31)/t21-/m0/s1. The largest absolute Gasteiger partial charge is 0.484 e. The van der Waals surface area contributed by atoms with Crippen molar-refractivity contribution in [2.24, 2.45) is 0 Å². The SMILES string of the molecule is CC[C@@H](C(=O)NC(C)(C)C)N(Cc1ccc(F)cc1)C(=O)COc1cc(C)c(Br)c(C)c1. The highest BCUT2D eigenvalue weighted by atomic mass is 79.9. The van der Waals surface area contributed by atoms with Gasteiger partial charge in [-0.3, -0.25) is 9.59 Å². The molecule has 32 heavy (non-hydrogen) atoms. The van der Waals surface area contributed by atoms with E-state index >= 15 is 0 Å². The average molecular weight is 507 g/mol. The summed E-state index contributed by atoms with van der Waals surface area (Å²) in [7, 11) is 0. The smallest absolute Gasteiger partial charge is 0.261 e. The third-order valence-electron chi connectivity index (χ3n) is 4.92. The second-order valence-corrected chi connectivity index (χ2v) is 9.76.